The molecule has 0 saturated heterocycles. The molecule has 2 rings (SSSR count). The van der Waals surface area contributed by atoms with Crippen molar-refractivity contribution in [3.8, 4) is 0 Å². The van der Waals surface area contributed by atoms with Gasteiger partial charge >= 0.3 is 0 Å². The van der Waals surface area contributed by atoms with Gasteiger partial charge in [0.1, 0.15) is 6.61 Å². The molecule has 1 aromatic rings. The van der Waals surface area contributed by atoms with Crippen LogP contribution in [-0.2, 0) is 20.9 Å². The highest BCUT2D eigenvalue weighted by molar-refractivity contribution is 6.09. The van der Waals surface area contributed by atoms with Crippen LogP contribution < -0.4 is 5.32 Å². The maximum absolute atomic E-state index is 12.8. The smallest absolute Gasteiger partial charge is 0.248 e. The minimum atomic E-state index is -0.107. The van der Waals surface area contributed by atoms with Crippen molar-refractivity contribution in [3.63, 3.8) is 0 Å². The van der Waals surface area contributed by atoms with E-state index in [9.17, 15) is 14.4 Å². The van der Waals surface area contributed by atoms with Gasteiger partial charge in [-0.25, -0.2) is 0 Å². The number of nitrogens with zero attached hydrogens (tertiary/aromatic N) is 2. The first-order valence-electron chi connectivity index (χ1n) is 10.5. The van der Waals surface area contributed by atoms with Gasteiger partial charge in [0.05, 0.1) is 0 Å². The van der Waals surface area contributed by atoms with E-state index in [4.69, 9.17) is 4.74 Å². The zero-order valence-electron chi connectivity index (χ0n) is 18.3. The van der Waals surface area contributed by atoms with Crippen LogP contribution in [0.3, 0.4) is 0 Å². The maximum Gasteiger partial charge on any atom is 0.248 e. The average molecular weight is 416 g/mol. The number of likely N-dealkylation sites (N-methyl/N-ethyl adjacent to an activating group) is 1. The normalized spacial score (nSPS) is 13.7. The molecule has 1 aliphatic carbocycles. The number of carbonyl (C=O) groups is 3. The van der Waals surface area contributed by atoms with Gasteiger partial charge < -0.3 is 19.9 Å². The van der Waals surface area contributed by atoms with E-state index < -0.39 is 0 Å². The first-order chi connectivity index (χ1) is 14.5. The van der Waals surface area contributed by atoms with Crippen LogP contribution in [0, 0.1) is 0 Å². The molecule has 30 heavy (non-hydrogen) atoms. The Kier molecular flexibility index (Phi) is 9.54. The Balaban J connectivity index is 1.83. The number of hydrogen-bond acceptors (Lipinski definition) is 5. The molecule has 0 bridgehead atoms. The quantitative estimate of drug-likeness (QED) is 0.322. The second-order valence-corrected chi connectivity index (χ2v) is 7.68. The topological polar surface area (TPSA) is 79.0 Å². The summed E-state index contributed by atoms with van der Waals surface area (Å²) >= 11 is 0. The van der Waals surface area contributed by atoms with Crippen LogP contribution in [0.2, 0.25) is 0 Å². The minimum Gasteiger partial charge on any atom is -0.391 e. The Bertz CT molecular complexity index is 758. The lowest BCUT2D eigenvalue weighted by Crippen LogP contribution is -2.30. The molecule has 0 aliphatic heterocycles. The van der Waals surface area contributed by atoms with E-state index in [0.717, 1.165) is 48.9 Å². The molecule has 7 nitrogen and oxygen atoms in total. The lowest BCUT2D eigenvalue weighted by atomic mass is 9.90. The number of ketones is 1. The number of Topliss-reactive ketones (excluding diaryl/α,β-unsaturated/α-hetero) is 1. The van der Waals surface area contributed by atoms with Gasteiger partial charge in [-0.15, -0.1) is 0 Å². The predicted molar refractivity (Wildman–Crippen MR) is 116 cm³/mol. The fourth-order valence-electron chi connectivity index (χ4n) is 3.47. The summed E-state index contributed by atoms with van der Waals surface area (Å²) in [6, 6.07) is 7.47. The monoisotopic (exact) mass is 415 g/mol. The first kappa shape index (κ1) is 23.6. The molecular weight excluding hydrogens is 382 g/mol. The maximum atomic E-state index is 12.8. The largest absolute Gasteiger partial charge is 0.391 e. The molecule has 0 saturated carbocycles. The predicted octanol–water partition coefficient (Wildman–Crippen LogP) is 2.37. The van der Waals surface area contributed by atoms with Crippen molar-refractivity contribution in [2.75, 3.05) is 40.9 Å². The van der Waals surface area contributed by atoms with Gasteiger partial charge in [-0.3, -0.25) is 14.4 Å². The van der Waals surface area contributed by atoms with Gasteiger partial charge in [0.2, 0.25) is 12.3 Å². The molecule has 0 heterocycles. The van der Waals surface area contributed by atoms with Crippen molar-refractivity contribution in [1.82, 2.24) is 15.1 Å². The van der Waals surface area contributed by atoms with Gasteiger partial charge in [-0.1, -0.05) is 24.3 Å². The number of benzene rings is 1. The van der Waals surface area contributed by atoms with Crippen molar-refractivity contribution >= 4 is 18.1 Å². The third-order valence-corrected chi connectivity index (χ3v) is 5.31. The molecule has 0 aromatic heterocycles. The van der Waals surface area contributed by atoms with Crippen molar-refractivity contribution in [2.24, 2.45) is 0 Å². The number of nitrogens with one attached hydrogen (secondary N) is 1. The molecule has 0 atom stereocenters. The highest BCUT2D eigenvalue weighted by Crippen LogP contribution is 2.26. The number of ether oxygens (including phenoxy) is 1. The molecule has 1 N–H and O–H groups in total. The van der Waals surface area contributed by atoms with E-state index in [1.165, 1.54) is 4.90 Å². The van der Waals surface area contributed by atoms with E-state index in [1.54, 1.807) is 19.0 Å². The molecule has 7 heteroatoms. The Hall–Kier alpha value is -2.67. The zero-order chi connectivity index (χ0) is 21.9. The number of amides is 2. The fraction of sp³-hybridized carbons (Fsp3) is 0.522. The van der Waals surface area contributed by atoms with Crippen molar-refractivity contribution in [3.05, 3.63) is 46.7 Å². The van der Waals surface area contributed by atoms with Crippen LogP contribution in [-0.4, -0.2) is 68.8 Å². The third kappa shape index (κ3) is 6.99. The third-order valence-electron chi connectivity index (χ3n) is 5.31. The zero-order valence-corrected chi connectivity index (χ0v) is 18.3. The van der Waals surface area contributed by atoms with Gasteiger partial charge in [0.15, 0.2) is 5.78 Å². The summed E-state index contributed by atoms with van der Waals surface area (Å²) in [5.74, 6) is -0.0198. The molecule has 0 spiro atoms. The van der Waals surface area contributed by atoms with E-state index in [-0.39, 0.29) is 18.3 Å². The summed E-state index contributed by atoms with van der Waals surface area (Å²) in [5, 5.41) is 3.17. The number of allylic oxidation sites excluding steroid dienone is 2. The summed E-state index contributed by atoms with van der Waals surface area (Å²) in [5.41, 5.74) is 3.58. The second-order valence-electron chi connectivity index (χ2n) is 7.68. The van der Waals surface area contributed by atoms with Crippen LogP contribution in [0.25, 0.3) is 0 Å². The fourth-order valence-corrected chi connectivity index (χ4v) is 3.47. The molecule has 2 amide bonds. The molecule has 0 unspecified atom stereocenters. The highest BCUT2D eigenvalue weighted by atomic mass is 16.5. The summed E-state index contributed by atoms with van der Waals surface area (Å²) in [7, 11) is 5.31. The number of rotatable bonds is 12. The first-order valence-corrected chi connectivity index (χ1v) is 10.5. The summed E-state index contributed by atoms with van der Waals surface area (Å²) in [6.45, 7) is 1.50. The van der Waals surface area contributed by atoms with Crippen molar-refractivity contribution < 1.29 is 19.1 Å². The number of hydrogen-bond donors (Lipinski definition) is 1. The highest BCUT2D eigenvalue weighted by Gasteiger charge is 2.20. The van der Waals surface area contributed by atoms with E-state index in [0.29, 0.717) is 31.7 Å². The Labute approximate surface area is 179 Å². The summed E-state index contributed by atoms with van der Waals surface area (Å²) < 4.78 is 5.40. The van der Waals surface area contributed by atoms with Crippen molar-refractivity contribution in [1.29, 1.82) is 0 Å². The van der Waals surface area contributed by atoms with Crippen molar-refractivity contribution in [2.45, 2.75) is 38.6 Å². The Morgan fingerprint density at radius 1 is 1.13 bits per heavy atom. The van der Waals surface area contributed by atoms with E-state index >= 15 is 0 Å². The Morgan fingerprint density at radius 2 is 1.83 bits per heavy atom. The molecule has 0 fully saturated rings. The van der Waals surface area contributed by atoms with Gasteiger partial charge in [0.25, 0.3) is 0 Å². The standard InChI is InChI=1S/C23H33N3O4/c1-24-21-8-5-4-7-20(21)23(29)19-11-9-18(10-12-19)15-26(3)22(28)16-30-14-6-13-25(2)17-27/h9-12,17,24H,4-8,13-16H2,1-3H3. The molecular formula is C23H33N3O4. The van der Waals surface area contributed by atoms with Gasteiger partial charge in [-0.2, -0.15) is 0 Å². The minimum absolute atomic E-state index is 0.0127. The molecule has 1 aromatic carbocycles. The van der Waals surface area contributed by atoms with Crippen LogP contribution in [0.1, 0.15) is 48.0 Å². The number of carbonyl (C=O) groups excluding carboxylic acids is 3. The SMILES string of the molecule is CNC1=C(C(=O)c2ccc(CN(C)C(=O)COCCCN(C)C=O)cc2)CCCC1. The van der Waals surface area contributed by atoms with E-state index in [1.807, 2.05) is 31.3 Å². The second kappa shape index (κ2) is 12.1. The van der Waals surface area contributed by atoms with Crippen LogP contribution in [0.4, 0.5) is 0 Å². The summed E-state index contributed by atoms with van der Waals surface area (Å²) in [4.78, 5) is 38.7. The van der Waals surface area contributed by atoms with Gasteiger partial charge in [-0.05, 0) is 37.7 Å². The lowest BCUT2D eigenvalue weighted by molar-refractivity contribution is -0.135. The van der Waals surface area contributed by atoms with Crippen LogP contribution in [0.5, 0.6) is 0 Å². The van der Waals surface area contributed by atoms with Crippen LogP contribution in [0.15, 0.2) is 35.5 Å². The van der Waals surface area contributed by atoms with Crippen LogP contribution >= 0.6 is 0 Å². The Morgan fingerprint density at radius 3 is 2.50 bits per heavy atom. The molecule has 0 radical (unpaired) electrons. The summed E-state index contributed by atoms with van der Waals surface area (Å²) in [6.07, 6.45) is 5.37. The van der Waals surface area contributed by atoms with Gasteiger partial charge in [0, 0.05) is 57.7 Å². The lowest BCUT2D eigenvalue weighted by Gasteiger charge is -2.20. The van der Waals surface area contributed by atoms with E-state index in [2.05, 4.69) is 5.32 Å². The molecule has 1 aliphatic rings. The average Bonchev–Trinajstić information content (AvgIpc) is 2.78. The molecule has 164 valence electrons.